The largest absolute Gasteiger partial charge is 0.298 e. The van der Waals surface area contributed by atoms with Crippen LogP contribution in [-0.4, -0.2) is 6.29 Å². The van der Waals surface area contributed by atoms with Crippen LogP contribution >= 0.6 is 33.9 Å². The Morgan fingerprint density at radius 3 is 3.00 bits per heavy atom. The van der Waals surface area contributed by atoms with Gasteiger partial charge in [-0.1, -0.05) is 0 Å². The molecule has 0 aliphatic carbocycles. The van der Waals surface area contributed by atoms with Crippen LogP contribution in [0.5, 0.6) is 0 Å². The van der Waals surface area contributed by atoms with E-state index >= 15 is 0 Å². The second-order valence-electron chi connectivity index (χ2n) is 2.72. The molecule has 0 unspecified atom stereocenters. The van der Waals surface area contributed by atoms with Gasteiger partial charge in [0.1, 0.15) is 6.07 Å². The maximum absolute atomic E-state index is 10.8. The van der Waals surface area contributed by atoms with Crippen molar-refractivity contribution in [2.75, 3.05) is 0 Å². The average molecular weight is 313 g/mol. The zero-order valence-electron chi connectivity index (χ0n) is 6.95. The Morgan fingerprint density at radius 1 is 1.57 bits per heavy atom. The fourth-order valence-electron chi connectivity index (χ4n) is 1.30. The van der Waals surface area contributed by atoms with Crippen LogP contribution in [0, 0.1) is 14.9 Å². The molecule has 1 aromatic heterocycles. The number of fused-ring (bicyclic) bond motifs is 1. The monoisotopic (exact) mass is 313 g/mol. The summed E-state index contributed by atoms with van der Waals surface area (Å²) in [5.74, 6) is 0. The minimum Gasteiger partial charge on any atom is -0.298 e. The Balaban J connectivity index is 2.96. The standard InChI is InChI=1S/C10H4INOS/c11-9-7(5-13)3-6-1-2-14-10(6)8(9)4-12/h1-3,5H. The van der Waals surface area contributed by atoms with E-state index in [1.165, 1.54) is 11.3 Å². The van der Waals surface area contributed by atoms with Crippen LogP contribution in [0.1, 0.15) is 15.9 Å². The van der Waals surface area contributed by atoms with E-state index in [2.05, 4.69) is 6.07 Å². The van der Waals surface area contributed by atoms with E-state index < -0.39 is 0 Å². The lowest BCUT2D eigenvalue weighted by Crippen LogP contribution is -1.90. The van der Waals surface area contributed by atoms with Crippen LogP contribution in [-0.2, 0) is 0 Å². The van der Waals surface area contributed by atoms with Crippen molar-refractivity contribution in [1.29, 1.82) is 5.26 Å². The maximum Gasteiger partial charge on any atom is 0.151 e. The number of aldehydes is 1. The molecule has 0 bridgehead atoms. The number of hydrogen-bond acceptors (Lipinski definition) is 3. The first-order valence-electron chi connectivity index (χ1n) is 3.83. The van der Waals surface area contributed by atoms with Crippen LogP contribution in [0.25, 0.3) is 10.1 Å². The molecule has 0 aliphatic heterocycles. The summed E-state index contributed by atoms with van der Waals surface area (Å²) in [6.07, 6.45) is 0.791. The molecule has 0 atom stereocenters. The molecule has 0 aliphatic rings. The fraction of sp³-hybridized carbons (Fsp3) is 0. The highest BCUT2D eigenvalue weighted by molar-refractivity contribution is 14.1. The van der Waals surface area contributed by atoms with Gasteiger partial charge in [-0.2, -0.15) is 5.26 Å². The predicted molar refractivity (Wildman–Crippen MR) is 64.6 cm³/mol. The van der Waals surface area contributed by atoms with Crippen molar-refractivity contribution in [3.63, 3.8) is 0 Å². The Labute approximate surface area is 98.3 Å². The minimum absolute atomic E-state index is 0.591. The summed E-state index contributed by atoms with van der Waals surface area (Å²) in [6, 6.07) is 5.88. The van der Waals surface area contributed by atoms with Gasteiger partial charge < -0.3 is 0 Å². The number of thiophene rings is 1. The molecule has 0 saturated heterocycles. The van der Waals surface area contributed by atoms with Gasteiger partial charge in [-0.25, -0.2) is 0 Å². The number of carbonyl (C=O) groups excluding carboxylic acids is 1. The first-order valence-corrected chi connectivity index (χ1v) is 5.78. The number of benzene rings is 1. The van der Waals surface area contributed by atoms with Crippen molar-refractivity contribution in [3.05, 3.63) is 32.2 Å². The highest BCUT2D eigenvalue weighted by Gasteiger charge is 2.11. The van der Waals surface area contributed by atoms with Crippen molar-refractivity contribution < 1.29 is 4.79 Å². The van der Waals surface area contributed by atoms with Gasteiger partial charge in [-0.15, -0.1) is 11.3 Å². The quantitative estimate of drug-likeness (QED) is 0.599. The molecular formula is C10H4INOS. The molecule has 68 valence electrons. The van der Waals surface area contributed by atoms with E-state index in [0.29, 0.717) is 11.1 Å². The Kier molecular flexibility index (Phi) is 2.52. The molecule has 0 amide bonds. The maximum atomic E-state index is 10.8. The van der Waals surface area contributed by atoms with Crippen molar-refractivity contribution >= 4 is 50.3 Å². The average Bonchev–Trinajstić information content (AvgIpc) is 2.64. The van der Waals surface area contributed by atoms with Gasteiger partial charge in [0.15, 0.2) is 6.29 Å². The van der Waals surface area contributed by atoms with E-state index in [-0.39, 0.29) is 0 Å². The lowest BCUT2D eigenvalue weighted by molar-refractivity contribution is 0.112. The number of hydrogen-bond donors (Lipinski definition) is 0. The van der Waals surface area contributed by atoms with Gasteiger partial charge in [-0.3, -0.25) is 4.79 Å². The zero-order valence-corrected chi connectivity index (χ0v) is 9.93. The van der Waals surface area contributed by atoms with Gasteiger partial charge in [0.05, 0.1) is 10.3 Å². The molecule has 2 nitrogen and oxygen atoms in total. The summed E-state index contributed by atoms with van der Waals surface area (Å²) in [4.78, 5) is 10.8. The van der Waals surface area contributed by atoms with Crippen LogP contribution in [0.3, 0.4) is 0 Å². The van der Waals surface area contributed by atoms with E-state index in [1.54, 1.807) is 0 Å². The summed E-state index contributed by atoms with van der Waals surface area (Å²) in [7, 11) is 0. The molecule has 2 aromatic rings. The first kappa shape index (κ1) is 9.62. The Morgan fingerprint density at radius 2 is 2.36 bits per heavy atom. The first-order chi connectivity index (χ1) is 6.77. The molecule has 1 aromatic carbocycles. The number of rotatable bonds is 1. The number of nitrogens with zero attached hydrogens (tertiary/aromatic N) is 1. The zero-order chi connectivity index (χ0) is 10.1. The lowest BCUT2D eigenvalue weighted by Gasteiger charge is -2.00. The van der Waals surface area contributed by atoms with E-state index in [9.17, 15) is 4.79 Å². The van der Waals surface area contributed by atoms with E-state index in [1.807, 2.05) is 40.1 Å². The third-order valence-corrected chi connectivity index (χ3v) is 4.06. The highest BCUT2D eigenvalue weighted by atomic mass is 127. The summed E-state index contributed by atoms with van der Waals surface area (Å²) in [6.45, 7) is 0. The molecule has 1 heterocycles. The van der Waals surface area contributed by atoms with Gasteiger partial charge in [0.2, 0.25) is 0 Å². The van der Waals surface area contributed by atoms with Crippen molar-refractivity contribution in [1.82, 2.24) is 0 Å². The number of carbonyl (C=O) groups is 1. The number of nitriles is 1. The smallest absolute Gasteiger partial charge is 0.151 e. The second-order valence-corrected chi connectivity index (χ2v) is 4.72. The molecule has 0 radical (unpaired) electrons. The third kappa shape index (κ3) is 1.33. The summed E-state index contributed by atoms with van der Waals surface area (Å²) in [5, 5.41) is 11.9. The molecular weight excluding hydrogens is 309 g/mol. The lowest BCUT2D eigenvalue weighted by atomic mass is 10.1. The SMILES string of the molecule is N#Cc1c(I)c(C=O)cc2ccsc12. The van der Waals surface area contributed by atoms with Crippen LogP contribution in [0.2, 0.25) is 0 Å². The molecule has 0 fully saturated rings. The predicted octanol–water partition coefficient (Wildman–Crippen LogP) is 3.19. The topological polar surface area (TPSA) is 40.9 Å². The fourth-order valence-corrected chi connectivity index (χ4v) is 3.03. The van der Waals surface area contributed by atoms with Crippen LogP contribution < -0.4 is 0 Å². The van der Waals surface area contributed by atoms with Gasteiger partial charge in [-0.05, 0) is 45.5 Å². The van der Waals surface area contributed by atoms with Gasteiger partial charge in [0.25, 0.3) is 0 Å². The molecule has 2 rings (SSSR count). The third-order valence-electron chi connectivity index (χ3n) is 1.95. The Hall–Kier alpha value is -0.930. The number of halogens is 1. The molecule has 0 N–H and O–H groups in total. The molecule has 0 spiro atoms. The Bertz CT molecular complexity index is 553. The summed E-state index contributed by atoms with van der Waals surface area (Å²) in [5.41, 5.74) is 1.20. The van der Waals surface area contributed by atoms with Crippen LogP contribution in [0.15, 0.2) is 17.5 Å². The highest BCUT2D eigenvalue weighted by Crippen LogP contribution is 2.30. The van der Waals surface area contributed by atoms with Crippen molar-refractivity contribution in [2.45, 2.75) is 0 Å². The normalized spacial score (nSPS) is 10.0. The molecule has 14 heavy (non-hydrogen) atoms. The van der Waals surface area contributed by atoms with Crippen molar-refractivity contribution in [2.24, 2.45) is 0 Å². The summed E-state index contributed by atoms with van der Waals surface area (Å²) >= 11 is 3.57. The van der Waals surface area contributed by atoms with Gasteiger partial charge >= 0.3 is 0 Å². The minimum atomic E-state index is 0.591. The van der Waals surface area contributed by atoms with Gasteiger partial charge in [0, 0.05) is 9.13 Å². The van der Waals surface area contributed by atoms with Crippen LogP contribution in [0.4, 0.5) is 0 Å². The molecule has 0 saturated carbocycles. The van der Waals surface area contributed by atoms with E-state index in [4.69, 9.17) is 5.26 Å². The second kappa shape index (κ2) is 3.67. The van der Waals surface area contributed by atoms with E-state index in [0.717, 1.165) is 19.9 Å². The summed E-state index contributed by atoms with van der Waals surface area (Å²) < 4.78 is 1.71. The van der Waals surface area contributed by atoms with Crippen molar-refractivity contribution in [3.8, 4) is 6.07 Å². The molecule has 4 heteroatoms.